The number of aliphatic carboxylic acids is 1. The number of carboxylic acids is 1. The standard InChI is InChI=1S/C13H17N3O3/c17-12(18)11-5-1-2-7-16(11)13(19)15-9-10-4-3-6-14-8-10/h3-4,6,8,11H,1-2,5,7,9H2,(H,15,19)(H,17,18). The van der Waals surface area contributed by atoms with Crippen LogP contribution in [0.3, 0.4) is 0 Å². The van der Waals surface area contributed by atoms with Crippen molar-refractivity contribution in [2.24, 2.45) is 0 Å². The van der Waals surface area contributed by atoms with E-state index in [0.29, 0.717) is 19.5 Å². The molecule has 6 nitrogen and oxygen atoms in total. The Kier molecular flexibility index (Phi) is 4.33. The largest absolute Gasteiger partial charge is 0.480 e. The highest BCUT2D eigenvalue weighted by atomic mass is 16.4. The lowest BCUT2D eigenvalue weighted by Gasteiger charge is -2.32. The third-order valence-corrected chi connectivity index (χ3v) is 3.22. The molecule has 102 valence electrons. The molecule has 2 amide bonds. The molecule has 1 aromatic rings. The van der Waals surface area contributed by atoms with Crippen LogP contribution in [-0.4, -0.2) is 39.6 Å². The Hall–Kier alpha value is -2.11. The highest BCUT2D eigenvalue weighted by molar-refractivity contribution is 5.82. The Balaban J connectivity index is 1.93. The van der Waals surface area contributed by atoms with Crippen LogP contribution in [0.5, 0.6) is 0 Å². The Morgan fingerprint density at radius 1 is 1.47 bits per heavy atom. The van der Waals surface area contributed by atoms with Crippen molar-refractivity contribution in [2.75, 3.05) is 6.54 Å². The van der Waals surface area contributed by atoms with Gasteiger partial charge < -0.3 is 15.3 Å². The van der Waals surface area contributed by atoms with Crippen molar-refractivity contribution in [2.45, 2.75) is 31.8 Å². The highest BCUT2D eigenvalue weighted by Crippen LogP contribution is 2.17. The van der Waals surface area contributed by atoms with Gasteiger partial charge in [0.2, 0.25) is 0 Å². The van der Waals surface area contributed by atoms with Crippen LogP contribution in [0.4, 0.5) is 4.79 Å². The van der Waals surface area contributed by atoms with E-state index in [9.17, 15) is 9.59 Å². The molecule has 0 spiro atoms. The maximum atomic E-state index is 12.0. The minimum Gasteiger partial charge on any atom is -0.480 e. The minimum absolute atomic E-state index is 0.323. The molecule has 1 aliphatic rings. The molecule has 1 fully saturated rings. The monoisotopic (exact) mass is 263 g/mol. The lowest BCUT2D eigenvalue weighted by Crippen LogP contribution is -2.51. The number of aromatic nitrogens is 1. The van der Waals surface area contributed by atoms with Crippen LogP contribution in [0.1, 0.15) is 24.8 Å². The van der Waals surface area contributed by atoms with Crippen LogP contribution in [-0.2, 0) is 11.3 Å². The van der Waals surface area contributed by atoms with E-state index in [1.165, 1.54) is 4.90 Å². The average molecular weight is 263 g/mol. The predicted molar refractivity (Wildman–Crippen MR) is 68.5 cm³/mol. The van der Waals surface area contributed by atoms with Gasteiger partial charge in [-0.1, -0.05) is 6.07 Å². The van der Waals surface area contributed by atoms with Crippen LogP contribution < -0.4 is 5.32 Å². The van der Waals surface area contributed by atoms with Crippen LogP contribution in [0.15, 0.2) is 24.5 Å². The second-order valence-electron chi connectivity index (χ2n) is 4.56. The van der Waals surface area contributed by atoms with Crippen LogP contribution in [0.25, 0.3) is 0 Å². The fraction of sp³-hybridized carbons (Fsp3) is 0.462. The number of pyridine rings is 1. The van der Waals surface area contributed by atoms with E-state index in [0.717, 1.165) is 18.4 Å². The molecule has 1 atom stereocenters. The van der Waals surface area contributed by atoms with Gasteiger partial charge in [0.15, 0.2) is 0 Å². The zero-order valence-electron chi connectivity index (χ0n) is 10.6. The van der Waals surface area contributed by atoms with Crippen molar-refractivity contribution in [3.05, 3.63) is 30.1 Å². The topological polar surface area (TPSA) is 82.5 Å². The first kappa shape index (κ1) is 13.3. The van der Waals surface area contributed by atoms with E-state index < -0.39 is 12.0 Å². The number of carbonyl (C=O) groups excluding carboxylic acids is 1. The second kappa shape index (κ2) is 6.17. The van der Waals surface area contributed by atoms with Crippen molar-refractivity contribution in [3.63, 3.8) is 0 Å². The number of urea groups is 1. The summed E-state index contributed by atoms with van der Waals surface area (Å²) < 4.78 is 0. The number of amides is 2. The quantitative estimate of drug-likeness (QED) is 0.859. The normalized spacial score (nSPS) is 18.9. The second-order valence-corrected chi connectivity index (χ2v) is 4.56. The Bertz CT molecular complexity index is 450. The highest BCUT2D eigenvalue weighted by Gasteiger charge is 2.31. The number of hydrogen-bond donors (Lipinski definition) is 2. The van der Waals surface area contributed by atoms with Gasteiger partial charge in [-0.05, 0) is 30.9 Å². The number of piperidine rings is 1. The number of rotatable bonds is 3. The molecule has 0 aliphatic carbocycles. The molecule has 0 bridgehead atoms. The van der Waals surface area contributed by atoms with Crippen molar-refractivity contribution in [1.82, 2.24) is 15.2 Å². The first-order chi connectivity index (χ1) is 9.18. The predicted octanol–water partition coefficient (Wildman–Crippen LogP) is 1.23. The zero-order valence-corrected chi connectivity index (χ0v) is 10.6. The molecule has 2 N–H and O–H groups in total. The van der Waals surface area contributed by atoms with Crippen LogP contribution in [0, 0.1) is 0 Å². The molecular formula is C13H17N3O3. The first-order valence-corrected chi connectivity index (χ1v) is 6.34. The number of nitrogens with zero attached hydrogens (tertiary/aromatic N) is 2. The molecular weight excluding hydrogens is 246 g/mol. The van der Waals surface area contributed by atoms with E-state index in [4.69, 9.17) is 5.11 Å². The Labute approximate surface area is 111 Å². The van der Waals surface area contributed by atoms with E-state index >= 15 is 0 Å². The van der Waals surface area contributed by atoms with E-state index in [1.54, 1.807) is 18.5 Å². The van der Waals surface area contributed by atoms with Crippen LogP contribution >= 0.6 is 0 Å². The molecule has 0 radical (unpaired) electrons. The number of likely N-dealkylation sites (tertiary alicyclic amines) is 1. The summed E-state index contributed by atoms with van der Waals surface area (Å²) in [6.07, 6.45) is 5.56. The molecule has 2 rings (SSSR count). The molecule has 0 saturated carbocycles. The maximum absolute atomic E-state index is 12.0. The summed E-state index contributed by atoms with van der Waals surface area (Å²) in [5.41, 5.74) is 0.889. The van der Waals surface area contributed by atoms with E-state index in [2.05, 4.69) is 10.3 Å². The van der Waals surface area contributed by atoms with Gasteiger partial charge in [0.25, 0.3) is 0 Å². The first-order valence-electron chi connectivity index (χ1n) is 6.34. The molecule has 2 heterocycles. The summed E-state index contributed by atoms with van der Waals surface area (Å²) >= 11 is 0. The fourth-order valence-electron chi connectivity index (χ4n) is 2.21. The van der Waals surface area contributed by atoms with Crippen molar-refractivity contribution < 1.29 is 14.7 Å². The zero-order chi connectivity index (χ0) is 13.7. The third-order valence-electron chi connectivity index (χ3n) is 3.22. The molecule has 1 aromatic heterocycles. The van der Waals surface area contributed by atoms with Crippen LogP contribution in [0.2, 0.25) is 0 Å². The maximum Gasteiger partial charge on any atom is 0.326 e. The van der Waals surface area contributed by atoms with Crippen molar-refractivity contribution in [1.29, 1.82) is 0 Å². The van der Waals surface area contributed by atoms with E-state index in [-0.39, 0.29) is 6.03 Å². The molecule has 1 aliphatic heterocycles. The van der Waals surface area contributed by atoms with Gasteiger partial charge in [-0.2, -0.15) is 0 Å². The van der Waals surface area contributed by atoms with Gasteiger partial charge in [0.1, 0.15) is 6.04 Å². The number of carbonyl (C=O) groups is 2. The average Bonchev–Trinajstić information content (AvgIpc) is 2.46. The summed E-state index contributed by atoms with van der Waals surface area (Å²) in [6, 6.07) is 2.62. The number of hydrogen-bond acceptors (Lipinski definition) is 3. The molecule has 1 unspecified atom stereocenters. The van der Waals surface area contributed by atoms with Gasteiger partial charge in [-0.3, -0.25) is 4.98 Å². The molecule has 19 heavy (non-hydrogen) atoms. The smallest absolute Gasteiger partial charge is 0.326 e. The third kappa shape index (κ3) is 3.43. The van der Waals surface area contributed by atoms with Gasteiger partial charge in [0, 0.05) is 25.5 Å². The SMILES string of the molecule is O=C(O)C1CCCCN1C(=O)NCc1cccnc1. The molecule has 0 aromatic carbocycles. The summed E-state index contributed by atoms with van der Waals surface area (Å²) in [7, 11) is 0. The lowest BCUT2D eigenvalue weighted by atomic mass is 10.0. The van der Waals surface area contributed by atoms with Gasteiger partial charge in [-0.25, -0.2) is 9.59 Å². The number of nitrogens with one attached hydrogen (secondary N) is 1. The molecule has 6 heteroatoms. The van der Waals surface area contributed by atoms with Gasteiger partial charge in [-0.15, -0.1) is 0 Å². The molecule has 1 saturated heterocycles. The fourth-order valence-corrected chi connectivity index (χ4v) is 2.21. The Morgan fingerprint density at radius 3 is 3.00 bits per heavy atom. The summed E-state index contributed by atoms with van der Waals surface area (Å²) in [5.74, 6) is -0.934. The number of carboxylic acid groups (broad SMARTS) is 1. The summed E-state index contributed by atoms with van der Waals surface area (Å²) in [5, 5.41) is 11.8. The lowest BCUT2D eigenvalue weighted by molar-refractivity contribution is -0.143. The van der Waals surface area contributed by atoms with Gasteiger partial charge >= 0.3 is 12.0 Å². The van der Waals surface area contributed by atoms with E-state index in [1.807, 2.05) is 6.07 Å². The minimum atomic E-state index is -0.934. The van der Waals surface area contributed by atoms with Crippen molar-refractivity contribution >= 4 is 12.0 Å². The Morgan fingerprint density at radius 2 is 2.32 bits per heavy atom. The van der Waals surface area contributed by atoms with Gasteiger partial charge in [0.05, 0.1) is 0 Å². The summed E-state index contributed by atoms with van der Waals surface area (Å²) in [6.45, 7) is 0.853. The summed E-state index contributed by atoms with van der Waals surface area (Å²) in [4.78, 5) is 28.5. The van der Waals surface area contributed by atoms with Crippen molar-refractivity contribution in [3.8, 4) is 0 Å².